The number of rotatable bonds is 2. The summed E-state index contributed by atoms with van der Waals surface area (Å²) >= 11 is 6.15. The van der Waals surface area contributed by atoms with Crippen LogP contribution in [0.4, 0.5) is 0 Å². The molecule has 28 heavy (non-hydrogen) atoms. The summed E-state index contributed by atoms with van der Waals surface area (Å²) in [4.78, 5) is 30.9. The topological polar surface area (TPSA) is 119 Å². The number of aromatic nitrogens is 3. The van der Waals surface area contributed by atoms with Gasteiger partial charge in [0.05, 0.1) is 22.8 Å². The molecule has 0 atom stereocenters. The molecule has 0 fully saturated rings. The zero-order valence-electron chi connectivity index (χ0n) is 15.0. The Kier molecular flexibility index (Phi) is 12.0. The van der Waals surface area contributed by atoms with Crippen molar-refractivity contribution in [2.45, 2.75) is 13.8 Å². The molecule has 1 radical (unpaired) electrons. The summed E-state index contributed by atoms with van der Waals surface area (Å²) in [6.45, 7) is 1.94. The van der Waals surface area contributed by atoms with Gasteiger partial charge in [-0.1, -0.05) is 23.7 Å². The van der Waals surface area contributed by atoms with Gasteiger partial charge in [0.15, 0.2) is 0 Å². The number of halogens is 1. The van der Waals surface area contributed by atoms with E-state index in [2.05, 4.69) is 15.0 Å². The van der Waals surface area contributed by atoms with Crippen molar-refractivity contribution >= 4 is 23.5 Å². The van der Waals surface area contributed by atoms with Gasteiger partial charge in [-0.05, 0) is 50.2 Å². The molecule has 7 nitrogen and oxygen atoms in total. The van der Waals surface area contributed by atoms with Crippen molar-refractivity contribution in [1.29, 1.82) is 0 Å². The zero-order valence-corrected chi connectivity index (χ0v) is 16.8. The van der Waals surface area contributed by atoms with E-state index in [1.807, 2.05) is 36.4 Å². The second-order valence-electron chi connectivity index (χ2n) is 4.97. The van der Waals surface area contributed by atoms with Crippen LogP contribution in [0.1, 0.15) is 13.8 Å². The van der Waals surface area contributed by atoms with E-state index in [4.69, 9.17) is 31.4 Å². The number of carboxylic acid groups (broad SMARTS) is 2. The Balaban J connectivity index is 0.000000697. The van der Waals surface area contributed by atoms with E-state index in [1.165, 1.54) is 0 Å². The Morgan fingerprint density at radius 3 is 1.43 bits per heavy atom. The molecular formula is C19H16ClCoN3O4. The van der Waals surface area contributed by atoms with E-state index in [0.717, 1.165) is 36.6 Å². The molecule has 0 spiro atoms. The first-order chi connectivity index (χ1) is 12.8. The Morgan fingerprint density at radius 2 is 1.14 bits per heavy atom. The van der Waals surface area contributed by atoms with Crippen LogP contribution in [0.5, 0.6) is 0 Å². The summed E-state index contributed by atoms with van der Waals surface area (Å²) in [7, 11) is 0. The standard InChI is InChI=1S/C15H10ClN3.2C2H4O2.Co/c16-11-9-14(12-5-1-3-7-17-12)19-15(10-11)13-6-2-4-8-18-13;2*1-2(3)4;/h1-10H;2*1H3,(H,3,4);/q;;;+2/p-2. The molecule has 3 heterocycles. The molecule has 9 heteroatoms. The fourth-order valence-corrected chi connectivity index (χ4v) is 1.99. The Labute approximate surface area is 177 Å². The summed E-state index contributed by atoms with van der Waals surface area (Å²) in [6.07, 6.45) is 3.47. The molecule has 0 bridgehead atoms. The maximum Gasteiger partial charge on any atom is 2.00 e. The Bertz CT molecular complexity index is 803. The minimum Gasteiger partial charge on any atom is -0.550 e. The van der Waals surface area contributed by atoms with E-state index < -0.39 is 11.9 Å². The minimum absolute atomic E-state index is 0. The molecule has 0 aliphatic heterocycles. The van der Waals surface area contributed by atoms with Gasteiger partial charge in [0.1, 0.15) is 0 Å². The van der Waals surface area contributed by atoms with Crippen molar-refractivity contribution in [2.24, 2.45) is 0 Å². The van der Waals surface area contributed by atoms with Gasteiger partial charge in [-0.15, -0.1) is 0 Å². The normalized spacial score (nSPS) is 8.82. The van der Waals surface area contributed by atoms with Crippen LogP contribution >= 0.6 is 11.6 Å². The number of pyridine rings is 3. The van der Waals surface area contributed by atoms with E-state index in [9.17, 15) is 0 Å². The van der Waals surface area contributed by atoms with Crippen molar-refractivity contribution in [3.63, 3.8) is 0 Å². The number of hydrogen-bond donors (Lipinski definition) is 0. The summed E-state index contributed by atoms with van der Waals surface area (Å²) in [5, 5.41) is 18.4. The fraction of sp³-hybridized carbons (Fsp3) is 0.105. The first-order valence-corrected chi connectivity index (χ1v) is 8.03. The predicted molar refractivity (Wildman–Crippen MR) is 97.1 cm³/mol. The molecule has 0 aliphatic carbocycles. The number of aliphatic carboxylic acids is 2. The molecule has 0 aromatic carbocycles. The molecular weight excluding hydrogens is 429 g/mol. The Hall–Kier alpha value is -2.81. The summed E-state index contributed by atoms with van der Waals surface area (Å²) < 4.78 is 0. The first-order valence-electron chi connectivity index (χ1n) is 7.65. The van der Waals surface area contributed by atoms with Crippen molar-refractivity contribution in [1.82, 2.24) is 15.0 Å². The van der Waals surface area contributed by atoms with Gasteiger partial charge in [0.2, 0.25) is 0 Å². The second-order valence-corrected chi connectivity index (χ2v) is 5.41. The van der Waals surface area contributed by atoms with Crippen molar-refractivity contribution in [2.75, 3.05) is 0 Å². The SMILES string of the molecule is CC(=O)[O-].CC(=O)[O-].Clc1cc(-c2ccccn2)nc(-c2ccccn2)c1.[Co+2]. The number of carbonyl (C=O) groups excluding carboxylic acids is 2. The van der Waals surface area contributed by atoms with Crippen LogP contribution in [0.15, 0.2) is 60.9 Å². The maximum absolute atomic E-state index is 8.89. The van der Waals surface area contributed by atoms with Gasteiger partial charge in [-0.3, -0.25) is 9.97 Å². The third kappa shape index (κ3) is 10.4. The van der Waals surface area contributed by atoms with Crippen LogP contribution in [0.25, 0.3) is 22.8 Å². The monoisotopic (exact) mass is 444 g/mol. The third-order valence-corrected chi connectivity index (χ3v) is 2.86. The largest absolute Gasteiger partial charge is 2.00 e. The van der Waals surface area contributed by atoms with Crippen LogP contribution < -0.4 is 10.2 Å². The molecule has 3 aromatic rings. The molecule has 147 valence electrons. The summed E-state index contributed by atoms with van der Waals surface area (Å²) in [5.41, 5.74) is 3.08. The van der Waals surface area contributed by atoms with Crippen LogP contribution in [-0.4, -0.2) is 26.9 Å². The number of carboxylic acids is 2. The van der Waals surface area contributed by atoms with Gasteiger partial charge in [-0.25, -0.2) is 4.98 Å². The smallest absolute Gasteiger partial charge is 0.550 e. The molecule has 3 aromatic heterocycles. The van der Waals surface area contributed by atoms with Gasteiger partial charge in [0, 0.05) is 29.4 Å². The van der Waals surface area contributed by atoms with E-state index >= 15 is 0 Å². The minimum atomic E-state index is -1.08. The number of hydrogen-bond acceptors (Lipinski definition) is 7. The predicted octanol–water partition coefficient (Wildman–Crippen LogP) is 1.37. The van der Waals surface area contributed by atoms with Crippen molar-refractivity contribution < 1.29 is 36.6 Å². The van der Waals surface area contributed by atoms with Gasteiger partial charge in [0.25, 0.3) is 0 Å². The van der Waals surface area contributed by atoms with Crippen molar-refractivity contribution in [3.8, 4) is 22.8 Å². The molecule has 3 rings (SSSR count). The van der Waals surface area contributed by atoms with Crippen LogP contribution in [-0.2, 0) is 26.4 Å². The van der Waals surface area contributed by atoms with Crippen LogP contribution in [0.3, 0.4) is 0 Å². The molecule has 0 unspecified atom stereocenters. The average Bonchev–Trinajstić information content (AvgIpc) is 2.62. The second kappa shape index (κ2) is 13.4. The number of carbonyl (C=O) groups is 2. The molecule has 0 aliphatic rings. The first kappa shape index (κ1) is 25.2. The third-order valence-electron chi connectivity index (χ3n) is 2.64. The van der Waals surface area contributed by atoms with E-state index in [1.54, 1.807) is 24.5 Å². The number of nitrogens with zero attached hydrogens (tertiary/aromatic N) is 3. The van der Waals surface area contributed by atoms with Gasteiger partial charge >= 0.3 is 16.8 Å². The maximum atomic E-state index is 8.89. The summed E-state index contributed by atoms with van der Waals surface area (Å²) in [5.74, 6) is -2.17. The van der Waals surface area contributed by atoms with E-state index in [-0.39, 0.29) is 16.8 Å². The average molecular weight is 445 g/mol. The van der Waals surface area contributed by atoms with E-state index in [0.29, 0.717) is 5.02 Å². The Morgan fingerprint density at radius 1 is 0.786 bits per heavy atom. The van der Waals surface area contributed by atoms with Gasteiger partial charge < -0.3 is 19.8 Å². The fourth-order valence-electron chi connectivity index (χ4n) is 1.79. The van der Waals surface area contributed by atoms with Crippen LogP contribution in [0, 0.1) is 0 Å². The summed E-state index contributed by atoms with van der Waals surface area (Å²) in [6, 6.07) is 15.0. The molecule has 0 amide bonds. The van der Waals surface area contributed by atoms with Crippen molar-refractivity contribution in [3.05, 3.63) is 65.9 Å². The van der Waals surface area contributed by atoms with Gasteiger partial charge in [-0.2, -0.15) is 0 Å². The molecule has 0 N–H and O–H groups in total. The van der Waals surface area contributed by atoms with Crippen LogP contribution in [0.2, 0.25) is 5.02 Å². The molecule has 0 saturated carbocycles. The quantitative estimate of drug-likeness (QED) is 0.585. The molecule has 0 saturated heterocycles. The zero-order chi connectivity index (χ0) is 20.2.